The van der Waals surface area contributed by atoms with E-state index in [2.05, 4.69) is 15.5 Å². The van der Waals surface area contributed by atoms with Crippen molar-refractivity contribution in [2.24, 2.45) is 0 Å². The van der Waals surface area contributed by atoms with Crippen LogP contribution >= 0.6 is 11.6 Å². The molecule has 0 spiro atoms. The molecule has 0 radical (unpaired) electrons. The van der Waals surface area contributed by atoms with Gasteiger partial charge in [0.25, 0.3) is 0 Å². The highest BCUT2D eigenvalue weighted by molar-refractivity contribution is 6.16. The second-order valence-electron chi connectivity index (χ2n) is 3.94. The van der Waals surface area contributed by atoms with Gasteiger partial charge in [0, 0.05) is 17.8 Å². The Kier molecular flexibility index (Phi) is 4.73. The quantitative estimate of drug-likeness (QED) is 0.691. The van der Waals surface area contributed by atoms with Gasteiger partial charge >= 0.3 is 0 Å². The van der Waals surface area contributed by atoms with Crippen LogP contribution in [-0.4, -0.2) is 39.6 Å². The summed E-state index contributed by atoms with van der Waals surface area (Å²) in [6, 6.07) is 7.35. The maximum Gasteiger partial charge on any atom is 0.241 e. The number of nitrogens with zero attached hydrogens (tertiary/aromatic N) is 2. The molecular weight excluding hydrogens is 270 g/mol. The smallest absolute Gasteiger partial charge is 0.241 e. The lowest BCUT2D eigenvalue weighted by molar-refractivity contribution is 0.105. The van der Waals surface area contributed by atoms with Crippen LogP contribution in [-0.2, 0) is 5.88 Å². The molecule has 3 N–H and O–H groups in total. The molecule has 102 valence electrons. The highest BCUT2D eigenvalue weighted by atomic mass is 35.5. The summed E-state index contributed by atoms with van der Waals surface area (Å²) in [4.78, 5) is 4.12. The molecule has 1 atom stereocenters. The van der Waals surface area contributed by atoms with Gasteiger partial charge in [0.2, 0.25) is 11.7 Å². The Balaban J connectivity index is 2.10. The van der Waals surface area contributed by atoms with E-state index in [-0.39, 0.29) is 19.0 Å². The van der Waals surface area contributed by atoms with E-state index in [1.54, 1.807) is 0 Å². The second kappa shape index (κ2) is 6.51. The highest BCUT2D eigenvalue weighted by Crippen LogP contribution is 2.20. The zero-order valence-electron chi connectivity index (χ0n) is 10.1. The van der Waals surface area contributed by atoms with E-state index in [4.69, 9.17) is 21.2 Å². The lowest BCUT2D eigenvalue weighted by Crippen LogP contribution is -2.22. The Hall–Kier alpha value is -1.63. The Morgan fingerprint density at radius 1 is 1.42 bits per heavy atom. The molecule has 0 aliphatic heterocycles. The van der Waals surface area contributed by atoms with Crippen molar-refractivity contribution in [1.29, 1.82) is 0 Å². The van der Waals surface area contributed by atoms with Crippen molar-refractivity contribution in [2.45, 2.75) is 12.0 Å². The summed E-state index contributed by atoms with van der Waals surface area (Å²) in [7, 11) is 0. The van der Waals surface area contributed by atoms with Crippen LogP contribution in [0.15, 0.2) is 28.8 Å². The molecule has 7 heteroatoms. The van der Waals surface area contributed by atoms with Gasteiger partial charge < -0.3 is 20.1 Å². The van der Waals surface area contributed by atoms with Crippen molar-refractivity contribution >= 4 is 17.3 Å². The topological polar surface area (TPSA) is 91.4 Å². The van der Waals surface area contributed by atoms with Crippen LogP contribution in [0, 0.1) is 0 Å². The SMILES string of the molecule is OCC(O)CNc1cccc(-c2noc(CCl)n2)c1. The van der Waals surface area contributed by atoms with E-state index in [0.717, 1.165) is 11.3 Å². The molecule has 2 aromatic rings. The van der Waals surface area contributed by atoms with Crippen molar-refractivity contribution in [3.8, 4) is 11.4 Å². The second-order valence-corrected chi connectivity index (χ2v) is 4.21. The zero-order valence-corrected chi connectivity index (χ0v) is 10.8. The molecule has 19 heavy (non-hydrogen) atoms. The average molecular weight is 284 g/mol. The summed E-state index contributed by atoms with van der Waals surface area (Å²) < 4.78 is 4.94. The maximum atomic E-state index is 9.27. The molecule has 0 fully saturated rings. The van der Waals surface area contributed by atoms with Gasteiger partial charge in [-0.1, -0.05) is 17.3 Å². The van der Waals surface area contributed by atoms with Crippen molar-refractivity contribution in [1.82, 2.24) is 10.1 Å². The lowest BCUT2D eigenvalue weighted by Gasteiger charge is -2.10. The van der Waals surface area contributed by atoms with Crippen LogP contribution in [0.1, 0.15) is 5.89 Å². The predicted molar refractivity (Wildman–Crippen MR) is 70.9 cm³/mol. The van der Waals surface area contributed by atoms with Crippen LogP contribution < -0.4 is 5.32 Å². The molecule has 1 aromatic heterocycles. The van der Waals surface area contributed by atoms with E-state index in [1.807, 2.05) is 24.3 Å². The number of aromatic nitrogens is 2. The number of aliphatic hydroxyl groups is 2. The molecule has 0 bridgehead atoms. The number of hydrogen-bond donors (Lipinski definition) is 3. The van der Waals surface area contributed by atoms with Crippen molar-refractivity contribution in [3.05, 3.63) is 30.2 Å². The molecule has 0 saturated carbocycles. The van der Waals surface area contributed by atoms with E-state index < -0.39 is 6.10 Å². The van der Waals surface area contributed by atoms with Gasteiger partial charge in [0.1, 0.15) is 5.88 Å². The van der Waals surface area contributed by atoms with Crippen molar-refractivity contribution in [2.75, 3.05) is 18.5 Å². The molecule has 0 amide bonds. The molecule has 0 aliphatic carbocycles. The molecule has 6 nitrogen and oxygen atoms in total. The highest BCUT2D eigenvalue weighted by Gasteiger charge is 2.08. The van der Waals surface area contributed by atoms with Crippen LogP contribution in [0.5, 0.6) is 0 Å². The fourth-order valence-electron chi connectivity index (χ4n) is 1.49. The number of anilines is 1. The zero-order chi connectivity index (χ0) is 13.7. The van der Waals surface area contributed by atoms with Gasteiger partial charge in [-0.25, -0.2) is 0 Å². The van der Waals surface area contributed by atoms with E-state index in [1.165, 1.54) is 0 Å². The first-order valence-corrected chi connectivity index (χ1v) is 6.28. The Morgan fingerprint density at radius 3 is 2.95 bits per heavy atom. The number of hydrogen-bond acceptors (Lipinski definition) is 6. The predicted octanol–water partition coefficient (Wildman–Crippen LogP) is 1.24. The summed E-state index contributed by atoms with van der Waals surface area (Å²) in [5.41, 5.74) is 1.57. The van der Waals surface area contributed by atoms with Crippen LogP contribution in [0.4, 0.5) is 5.69 Å². The fraction of sp³-hybridized carbons (Fsp3) is 0.333. The van der Waals surface area contributed by atoms with Gasteiger partial charge in [-0.15, -0.1) is 11.6 Å². The third-order valence-corrected chi connectivity index (χ3v) is 2.68. The summed E-state index contributed by atoms with van der Waals surface area (Å²) in [5.74, 6) is 1.00. The average Bonchev–Trinajstić information content (AvgIpc) is 2.94. The van der Waals surface area contributed by atoms with Gasteiger partial charge in [-0.05, 0) is 12.1 Å². The molecule has 1 heterocycles. The van der Waals surface area contributed by atoms with Crippen LogP contribution in [0.3, 0.4) is 0 Å². The third-order valence-electron chi connectivity index (χ3n) is 2.46. The normalized spacial score (nSPS) is 12.4. The summed E-state index contributed by atoms with van der Waals surface area (Å²) in [6.07, 6.45) is -0.795. The minimum Gasteiger partial charge on any atom is -0.394 e. The largest absolute Gasteiger partial charge is 0.394 e. The van der Waals surface area contributed by atoms with Crippen molar-refractivity contribution in [3.63, 3.8) is 0 Å². The van der Waals surface area contributed by atoms with E-state index in [9.17, 15) is 5.11 Å². The number of halogens is 1. The van der Waals surface area contributed by atoms with E-state index in [0.29, 0.717) is 11.7 Å². The fourth-order valence-corrected chi connectivity index (χ4v) is 1.60. The molecule has 1 aromatic carbocycles. The standard InChI is InChI=1S/C12H14ClN3O3/c13-5-11-15-12(16-19-11)8-2-1-3-9(4-8)14-6-10(18)7-17/h1-4,10,14,17-18H,5-7H2. The van der Waals surface area contributed by atoms with Gasteiger partial charge in [0.15, 0.2) is 0 Å². The van der Waals surface area contributed by atoms with Crippen LogP contribution in [0.25, 0.3) is 11.4 Å². The molecule has 0 aliphatic rings. The summed E-state index contributed by atoms with van der Waals surface area (Å²) in [5, 5.41) is 24.8. The first-order chi connectivity index (χ1) is 9.22. The first-order valence-electron chi connectivity index (χ1n) is 5.74. The van der Waals surface area contributed by atoms with Crippen molar-refractivity contribution < 1.29 is 14.7 Å². The lowest BCUT2D eigenvalue weighted by atomic mass is 10.2. The number of aliphatic hydroxyl groups excluding tert-OH is 2. The van der Waals surface area contributed by atoms with Crippen LogP contribution in [0.2, 0.25) is 0 Å². The Labute approximate surface area is 115 Å². The van der Waals surface area contributed by atoms with Gasteiger partial charge in [-0.2, -0.15) is 4.98 Å². The van der Waals surface area contributed by atoms with Gasteiger partial charge in [-0.3, -0.25) is 0 Å². The number of alkyl halides is 1. The number of rotatable bonds is 6. The summed E-state index contributed by atoms with van der Waals surface area (Å²) >= 11 is 5.60. The Morgan fingerprint density at radius 2 is 2.26 bits per heavy atom. The molecule has 2 rings (SSSR count). The molecule has 1 unspecified atom stereocenters. The van der Waals surface area contributed by atoms with Gasteiger partial charge in [0.05, 0.1) is 12.7 Å². The summed E-state index contributed by atoms with van der Waals surface area (Å²) in [6.45, 7) is -0.0181. The minimum absolute atomic E-state index is 0.174. The number of nitrogens with one attached hydrogen (secondary N) is 1. The first kappa shape index (κ1) is 13.8. The minimum atomic E-state index is -0.795. The molecular formula is C12H14ClN3O3. The monoisotopic (exact) mass is 283 g/mol. The third kappa shape index (κ3) is 3.66. The van der Waals surface area contributed by atoms with E-state index >= 15 is 0 Å². The molecule has 0 saturated heterocycles. The maximum absolute atomic E-state index is 9.27. The Bertz CT molecular complexity index is 532. The number of benzene rings is 1.